The number of amides is 1. The van der Waals surface area contributed by atoms with Gasteiger partial charge in [0.05, 0.1) is 6.04 Å². The predicted octanol–water partition coefficient (Wildman–Crippen LogP) is 3.91. The molecule has 5 rings (SSSR count). The number of benzene rings is 2. The van der Waals surface area contributed by atoms with Crippen LogP contribution in [-0.4, -0.2) is 29.1 Å². The summed E-state index contributed by atoms with van der Waals surface area (Å²) in [5.41, 5.74) is 5.32. The minimum atomic E-state index is -0.157. The van der Waals surface area contributed by atoms with Crippen LogP contribution in [0.2, 0.25) is 0 Å². The third-order valence-electron chi connectivity index (χ3n) is 5.41. The first-order valence-corrected chi connectivity index (χ1v) is 9.41. The molecule has 0 bridgehead atoms. The van der Waals surface area contributed by atoms with Gasteiger partial charge in [0.2, 0.25) is 6.79 Å². The van der Waals surface area contributed by atoms with Crippen LogP contribution in [0, 0.1) is 6.92 Å². The number of carbonyl (C=O) groups is 1. The van der Waals surface area contributed by atoms with E-state index in [0.717, 1.165) is 12.0 Å². The quantitative estimate of drug-likeness (QED) is 0.684. The molecule has 0 spiro atoms. The van der Waals surface area contributed by atoms with Crippen LogP contribution in [-0.2, 0) is 6.42 Å². The number of rotatable bonds is 2. The molecule has 2 aliphatic rings. The molecule has 0 saturated carbocycles. The second kappa shape index (κ2) is 6.68. The summed E-state index contributed by atoms with van der Waals surface area (Å²) in [6.07, 6.45) is 4.44. The summed E-state index contributed by atoms with van der Waals surface area (Å²) in [6.45, 7) is 2.95. The fraction of sp³-hybridized carbons (Fsp3) is 0.217. The number of fused-ring (bicyclic) bond motifs is 2. The molecule has 2 aromatic carbocycles. The van der Waals surface area contributed by atoms with Crippen molar-refractivity contribution in [2.75, 3.05) is 13.3 Å². The zero-order valence-electron chi connectivity index (χ0n) is 15.6. The van der Waals surface area contributed by atoms with Crippen molar-refractivity contribution in [1.29, 1.82) is 0 Å². The normalized spacial score (nSPS) is 17.3. The monoisotopic (exact) mass is 372 g/mol. The van der Waals surface area contributed by atoms with E-state index in [1.165, 1.54) is 16.7 Å². The molecule has 0 N–H and O–H groups in total. The molecule has 2 aliphatic heterocycles. The number of aromatic nitrogens is 1. The highest BCUT2D eigenvalue weighted by molar-refractivity contribution is 5.95. The number of ether oxygens (including phenoxy) is 2. The van der Waals surface area contributed by atoms with Crippen molar-refractivity contribution in [3.63, 3.8) is 0 Å². The van der Waals surface area contributed by atoms with E-state index in [0.29, 0.717) is 23.6 Å². The Hall–Kier alpha value is -3.34. The maximum Gasteiger partial charge on any atom is 0.254 e. The lowest BCUT2D eigenvalue weighted by Crippen LogP contribution is -2.40. The molecule has 3 heterocycles. The van der Waals surface area contributed by atoms with Gasteiger partial charge in [-0.25, -0.2) is 0 Å². The van der Waals surface area contributed by atoms with Crippen LogP contribution >= 0.6 is 0 Å². The van der Waals surface area contributed by atoms with Gasteiger partial charge in [-0.2, -0.15) is 0 Å². The lowest BCUT2D eigenvalue weighted by atomic mass is 9.87. The minimum absolute atomic E-state index is 0.0154. The number of nitrogens with zero attached hydrogens (tertiary/aromatic N) is 2. The first-order chi connectivity index (χ1) is 13.7. The molecule has 5 heteroatoms. The third-order valence-corrected chi connectivity index (χ3v) is 5.41. The molecule has 0 fully saturated rings. The Morgan fingerprint density at radius 1 is 1.11 bits per heavy atom. The van der Waals surface area contributed by atoms with Gasteiger partial charge in [-0.3, -0.25) is 9.78 Å². The number of pyridine rings is 1. The molecule has 5 nitrogen and oxygen atoms in total. The van der Waals surface area contributed by atoms with Crippen LogP contribution < -0.4 is 9.47 Å². The maximum atomic E-state index is 13.5. The Balaban J connectivity index is 1.57. The summed E-state index contributed by atoms with van der Waals surface area (Å²) in [6, 6.07) is 15.6. The van der Waals surface area contributed by atoms with Gasteiger partial charge in [-0.05, 0) is 54.3 Å². The molecule has 1 unspecified atom stereocenters. The first kappa shape index (κ1) is 16.8. The average Bonchev–Trinajstić information content (AvgIpc) is 3.21. The van der Waals surface area contributed by atoms with Gasteiger partial charge in [0.25, 0.3) is 5.91 Å². The van der Waals surface area contributed by atoms with Crippen molar-refractivity contribution in [2.45, 2.75) is 19.4 Å². The number of hydrogen-bond acceptors (Lipinski definition) is 4. The van der Waals surface area contributed by atoms with Crippen molar-refractivity contribution in [3.05, 3.63) is 88.7 Å². The molecule has 1 atom stereocenters. The van der Waals surface area contributed by atoms with Crippen LogP contribution in [0.3, 0.4) is 0 Å². The van der Waals surface area contributed by atoms with Crippen LogP contribution in [0.1, 0.15) is 38.7 Å². The summed E-state index contributed by atoms with van der Waals surface area (Å²) >= 11 is 0. The second-order valence-electron chi connectivity index (χ2n) is 7.21. The lowest BCUT2D eigenvalue weighted by Gasteiger charge is -2.38. The van der Waals surface area contributed by atoms with E-state index in [4.69, 9.17) is 9.47 Å². The zero-order valence-corrected chi connectivity index (χ0v) is 15.6. The molecule has 3 aromatic rings. The molecule has 0 saturated heterocycles. The molecular weight excluding hydrogens is 352 g/mol. The van der Waals surface area contributed by atoms with E-state index in [2.05, 4.69) is 30.1 Å². The van der Waals surface area contributed by atoms with E-state index in [1.54, 1.807) is 24.4 Å². The zero-order chi connectivity index (χ0) is 19.1. The average molecular weight is 372 g/mol. The molecule has 1 amide bonds. The Bertz CT molecular complexity index is 1050. The van der Waals surface area contributed by atoms with Gasteiger partial charge in [-0.1, -0.05) is 29.8 Å². The van der Waals surface area contributed by atoms with E-state index in [-0.39, 0.29) is 18.7 Å². The SMILES string of the molecule is Cc1ccc2c(c1)CCN(C(=O)c1ccc3c(c1)OCO3)C2c1cccnc1. The van der Waals surface area contributed by atoms with E-state index in [9.17, 15) is 4.79 Å². The summed E-state index contributed by atoms with van der Waals surface area (Å²) in [7, 11) is 0. The summed E-state index contributed by atoms with van der Waals surface area (Å²) in [4.78, 5) is 19.7. The van der Waals surface area contributed by atoms with Crippen LogP contribution in [0.15, 0.2) is 60.9 Å². The van der Waals surface area contributed by atoms with Gasteiger partial charge in [0, 0.05) is 24.5 Å². The topological polar surface area (TPSA) is 51.7 Å². The number of hydrogen-bond donors (Lipinski definition) is 0. The van der Waals surface area contributed by atoms with E-state index in [1.807, 2.05) is 23.2 Å². The second-order valence-corrected chi connectivity index (χ2v) is 7.21. The molecular formula is C23H20N2O3. The number of aryl methyl sites for hydroxylation is 1. The van der Waals surface area contributed by atoms with Crippen molar-refractivity contribution in [2.24, 2.45) is 0 Å². The highest BCUT2D eigenvalue weighted by Gasteiger charge is 2.33. The van der Waals surface area contributed by atoms with E-state index < -0.39 is 0 Å². The highest BCUT2D eigenvalue weighted by Crippen LogP contribution is 2.38. The van der Waals surface area contributed by atoms with Crippen LogP contribution in [0.25, 0.3) is 0 Å². The van der Waals surface area contributed by atoms with Crippen molar-refractivity contribution in [3.8, 4) is 11.5 Å². The minimum Gasteiger partial charge on any atom is -0.454 e. The van der Waals surface area contributed by atoms with Crippen molar-refractivity contribution in [1.82, 2.24) is 9.88 Å². The van der Waals surface area contributed by atoms with E-state index >= 15 is 0 Å². The largest absolute Gasteiger partial charge is 0.454 e. The number of carbonyl (C=O) groups excluding carboxylic acids is 1. The molecule has 140 valence electrons. The standard InChI is InChI=1S/C23H20N2O3/c1-15-4-6-19-16(11-15)8-10-25(22(19)18-3-2-9-24-13-18)23(26)17-5-7-20-21(12-17)28-14-27-20/h2-7,9,11-13,22H,8,10,14H2,1H3. The predicted molar refractivity (Wildman–Crippen MR) is 105 cm³/mol. The lowest BCUT2D eigenvalue weighted by molar-refractivity contribution is 0.0694. The Labute approximate surface area is 163 Å². The van der Waals surface area contributed by atoms with Gasteiger partial charge >= 0.3 is 0 Å². The van der Waals surface area contributed by atoms with Gasteiger partial charge in [0.1, 0.15) is 0 Å². The third kappa shape index (κ3) is 2.80. The fourth-order valence-corrected chi connectivity index (χ4v) is 4.07. The molecule has 0 radical (unpaired) electrons. The van der Waals surface area contributed by atoms with Crippen LogP contribution in [0.5, 0.6) is 11.5 Å². The highest BCUT2D eigenvalue weighted by atomic mass is 16.7. The Kier molecular flexibility index (Phi) is 4.01. The molecule has 28 heavy (non-hydrogen) atoms. The summed E-state index contributed by atoms with van der Waals surface area (Å²) in [5.74, 6) is 1.29. The van der Waals surface area contributed by atoms with Gasteiger partial charge < -0.3 is 14.4 Å². The summed E-state index contributed by atoms with van der Waals surface area (Å²) in [5, 5.41) is 0. The molecule has 0 aliphatic carbocycles. The van der Waals surface area contributed by atoms with Gasteiger partial charge in [0.15, 0.2) is 11.5 Å². The molecule has 1 aromatic heterocycles. The smallest absolute Gasteiger partial charge is 0.254 e. The first-order valence-electron chi connectivity index (χ1n) is 9.41. The van der Waals surface area contributed by atoms with Crippen molar-refractivity contribution < 1.29 is 14.3 Å². The Morgan fingerprint density at radius 3 is 2.86 bits per heavy atom. The maximum absolute atomic E-state index is 13.5. The van der Waals surface area contributed by atoms with Crippen LogP contribution in [0.4, 0.5) is 0 Å². The Morgan fingerprint density at radius 2 is 2.00 bits per heavy atom. The summed E-state index contributed by atoms with van der Waals surface area (Å²) < 4.78 is 10.8. The fourth-order valence-electron chi connectivity index (χ4n) is 4.07. The van der Waals surface area contributed by atoms with Crippen molar-refractivity contribution >= 4 is 5.91 Å². The van der Waals surface area contributed by atoms with Gasteiger partial charge in [-0.15, -0.1) is 0 Å².